The molecule has 0 amide bonds. The number of carbonyl (C=O) groups is 1. The number of ether oxygens (including phenoxy) is 1. The number of hydrogen-bond donors (Lipinski definition) is 1. The van der Waals surface area contributed by atoms with E-state index in [-0.39, 0.29) is 18.1 Å². The number of nitro groups is 1. The van der Waals surface area contributed by atoms with Gasteiger partial charge >= 0.3 is 11.8 Å². The first-order valence-corrected chi connectivity index (χ1v) is 4.99. The second kappa shape index (κ2) is 4.80. The molecule has 8 heteroatoms. The second-order valence-electron chi connectivity index (χ2n) is 3.45. The maximum Gasteiger partial charge on any atom is 0.353 e. The van der Waals surface area contributed by atoms with Crippen LogP contribution in [0, 0.1) is 10.1 Å². The molecule has 2 rings (SSSR count). The number of hydrogen-bond acceptors (Lipinski definition) is 5. The molecule has 18 heavy (non-hydrogen) atoms. The van der Waals surface area contributed by atoms with E-state index in [1.54, 1.807) is 18.2 Å². The Labute approximate surface area is 101 Å². The van der Waals surface area contributed by atoms with Crippen LogP contribution in [0.1, 0.15) is 5.69 Å². The van der Waals surface area contributed by atoms with E-state index >= 15 is 0 Å². The van der Waals surface area contributed by atoms with Crippen LogP contribution in [-0.4, -0.2) is 32.0 Å². The van der Waals surface area contributed by atoms with Crippen molar-refractivity contribution in [1.29, 1.82) is 0 Å². The average Bonchev–Trinajstić information content (AvgIpc) is 2.66. The van der Waals surface area contributed by atoms with Crippen LogP contribution in [0.5, 0.6) is 0 Å². The molecular weight excluding hydrogens is 242 g/mol. The molecule has 2 aromatic heterocycles. The number of aromatic nitrogens is 2. The van der Waals surface area contributed by atoms with E-state index in [1.807, 2.05) is 0 Å². The fourth-order valence-corrected chi connectivity index (χ4v) is 1.56. The first-order chi connectivity index (χ1) is 8.59. The van der Waals surface area contributed by atoms with Gasteiger partial charge in [0.05, 0.1) is 12.8 Å². The Balaban J connectivity index is 2.34. The highest BCUT2D eigenvalue weighted by molar-refractivity contribution is 5.68. The average molecular weight is 251 g/mol. The Hall–Kier alpha value is -2.48. The molecule has 0 unspecified atom stereocenters. The fourth-order valence-electron chi connectivity index (χ4n) is 1.56. The Kier molecular flexibility index (Phi) is 3.20. The highest BCUT2D eigenvalue weighted by Gasteiger charge is 2.22. The van der Waals surface area contributed by atoms with E-state index < -0.39 is 17.5 Å². The summed E-state index contributed by atoms with van der Waals surface area (Å²) in [6, 6.07) is 4.96. The molecule has 0 aliphatic carbocycles. The van der Waals surface area contributed by atoms with Crippen molar-refractivity contribution in [3.63, 3.8) is 0 Å². The van der Waals surface area contributed by atoms with Crippen LogP contribution >= 0.6 is 0 Å². The van der Waals surface area contributed by atoms with E-state index in [0.717, 1.165) is 0 Å². The van der Waals surface area contributed by atoms with Crippen LogP contribution in [0.25, 0.3) is 5.65 Å². The minimum absolute atomic E-state index is 0.104. The highest BCUT2D eigenvalue weighted by atomic mass is 16.6. The lowest BCUT2D eigenvalue weighted by molar-refractivity contribution is -0.391. The lowest BCUT2D eigenvalue weighted by Gasteiger charge is -1.98. The summed E-state index contributed by atoms with van der Waals surface area (Å²) in [6.07, 6.45) is 1.52. The summed E-state index contributed by atoms with van der Waals surface area (Å²) in [5.74, 6) is -1.35. The van der Waals surface area contributed by atoms with Crippen molar-refractivity contribution in [3.05, 3.63) is 40.2 Å². The third-order valence-electron chi connectivity index (χ3n) is 2.21. The summed E-state index contributed by atoms with van der Waals surface area (Å²) in [5.41, 5.74) is 0.519. The van der Waals surface area contributed by atoms with Crippen LogP contribution in [0.15, 0.2) is 24.4 Å². The molecule has 0 aromatic carbocycles. The van der Waals surface area contributed by atoms with Gasteiger partial charge in [0.25, 0.3) is 0 Å². The van der Waals surface area contributed by atoms with Crippen LogP contribution < -0.4 is 0 Å². The molecule has 94 valence electrons. The van der Waals surface area contributed by atoms with Gasteiger partial charge in [-0.25, -0.2) is 9.78 Å². The Morgan fingerprint density at radius 1 is 1.56 bits per heavy atom. The van der Waals surface area contributed by atoms with Crippen LogP contribution in [0.4, 0.5) is 5.82 Å². The van der Waals surface area contributed by atoms with Crippen molar-refractivity contribution in [2.45, 2.75) is 6.61 Å². The summed E-state index contributed by atoms with van der Waals surface area (Å²) in [7, 11) is 0. The van der Waals surface area contributed by atoms with Gasteiger partial charge in [-0.3, -0.25) is 0 Å². The van der Waals surface area contributed by atoms with Crippen molar-refractivity contribution in [2.24, 2.45) is 0 Å². The Bertz CT molecular complexity index is 607. The lowest BCUT2D eigenvalue weighted by atomic mass is 10.4. The molecule has 8 nitrogen and oxygen atoms in total. The third-order valence-corrected chi connectivity index (χ3v) is 2.21. The first kappa shape index (κ1) is 12.0. The standard InChI is InChI=1S/C10H9N3O5/c14-9(15)6-18-5-7-10(13(16)17)12-4-2-1-3-8(12)11-7/h1-4H,5-6H2,(H,14,15). The van der Waals surface area contributed by atoms with Crippen molar-refractivity contribution in [3.8, 4) is 0 Å². The fraction of sp³-hybridized carbons (Fsp3) is 0.200. The summed E-state index contributed by atoms with van der Waals surface area (Å²) in [5, 5.41) is 19.4. The predicted molar refractivity (Wildman–Crippen MR) is 59.1 cm³/mol. The number of carboxylic acids is 1. The molecule has 0 spiro atoms. The molecule has 2 heterocycles. The minimum Gasteiger partial charge on any atom is -0.480 e. The molecule has 0 saturated heterocycles. The Morgan fingerprint density at radius 2 is 2.33 bits per heavy atom. The third kappa shape index (κ3) is 2.28. The van der Waals surface area contributed by atoms with Crippen LogP contribution in [-0.2, 0) is 16.1 Å². The molecule has 2 aromatic rings. The minimum atomic E-state index is -1.14. The van der Waals surface area contributed by atoms with Gasteiger partial charge < -0.3 is 20.0 Å². The largest absolute Gasteiger partial charge is 0.480 e. The topological polar surface area (TPSA) is 107 Å². The second-order valence-corrected chi connectivity index (χ2v) is 3.45. The van der Waals surface area contributed by atoms with E-state index in [2.05, 4.69) is 4.98 Å². The number of pyridine rings is 1. The molecule has 0 aliphatic heterocycles. The molecule has 0 atom stereocenters. The van der Waals surface area contributed by atoms with Gasteiger partial charge in [0.15, 0.2) is 5.69 Å². The smallest absolute Gasteiger partial charge is 0.353 e. The quantitative estimate of drug-likeness (QED) is 0.623. The number of carboxylic acid groups (broad SMARTS) is 1. The molecule has 0 fully saturated rings. The molecule has 0 bridgehead atoms. The van der Waals surface area contributed by atoms with Gasteiger partial charge in [-0.05, 0) is 11.0 Å². The van der Waals surface area contributed by atoms with Crippen LogP contribution in [0.2, 0.25) is 0 Å². The van der Waals surface area contributed by atoms with Gasteiger partial charge in [-0.15, -0.1) is 0 Å². The summed E-state index contributed by atoms with van der Waals surface area (Å²) >= 11 is 0. The van der Waals surface area contributed by atoms with Gasteiger partial charge in [0, 0.05) is 6.07 Å². The number of aliphatic carboxylic acids is 1. The predicted octanol–water partition coefficient (Wildman–Crippen LogP) is 0.844. The lowest BCUT2D eigenvalue weighted by Crippen LogP contribution is -2.07. The number of imidazole rings is 1. The normalized spacial score (nSPS) is 10.7. The zero-order valence-corrected chi connectivity index (χ0v) is 9.15. The van der Waals surface area contributed by atoms with Gasteiger partial charge in [-0.1, -0.05) is 6.07 Å². The number of nitrogens with zero attached hydrogens (tertiary/aromatic N) is 3. The molecule has 0 saturated carbocycles. The van der Waals surface area contributed by atoms with E-state index in [0.29, 0.717) is 5.65 Å². The maximum absolute atomic E-state index is 11.0. The van der Waals surface area contributed by atoms with Crippen molar-refractivity contribution in [2.75, 3.05) is 6.61 Å². The van der Waals surface area contributed by atoms with Gasteiger partial charge in [-0.2, -0.15) is 4.40 Å². The number of rotatable bonds is 5. The first-order valence-electron chi connectivity index (χ1n) is 4.99. The Morgan fingerprint density at radius 3 is 3.00 bits per heavy atom. The molecule has 1 N–H and O–H groups in total. The summed E-state index contributed by atoms with van der Waals surface area (Å²) < 4.78 is 6.14. The molecule has 0 aliphatic rings. The van der Waals surface area contributed by atoms with Crippen molar-refractivity contribution >= 4 is 17.4 Å². The SMILES string of the molecule is O=C(O)COCc1nc2ccccn2c1[N+](=O)[O-]. The molecule has 0 radical (unpaired) electrons. The van der Waals surface area contributed by atoms with E-state index in [9.17, 15) is 14.9 Å². The van der Waals surface area contributed by atoms with Gasteiger partial charge in [0.2, 0.25) is 5.65 Å². The summed E-state index contributed by atoms with van der Waals surface area (Å²) in [4.78, 5) is 24.7. The van der Waals surface area contributed by atoms with E-state index in [4.69, 9.17) is 9.84 Å². The van der Waals surface area contributed by atoms with Crippen molar-refractivity contribution in [1.82, 2.24) is 9.38 Å². The monoisotopic (exact) mass is 251 g/mol. The highest BCUT2D eigenvalue weighted by Crippen LogP contribution is 2.20. The van der Waals surface area contributed by atoms with E-state index in [1.165, 1.54) is 10.6 Å². The van der Waals surface area contributed by atoms with Crippen LogP contribution in [0.3, 0.4) is 0 Å². The van der Waals surface area contributed by atoms with Crippen molar-refractivity contribution < 1.29 is 19.6 Å². The van der Waals surface area contributed by atoms with Gasteiger partial charge in [0.1, 0.15) is 6.61 Å². The zero-order chi connectivity index (χ0) is 13.1. The number of fused-ring (bicyclic) bond motifs is 1. The molecular formula is C10H9N3O5. The maximum atomic E-state index is 11.0. The summed E-state index contributed by atoms with van der Waals surface area (Å²) in [6.45, 7) is -0.741. The zero-order valence-electron chi connectivity index (χ0n) is 9.15.